The summed E-state index contributed by atoms with van der Waals surface area (Å²) >= 11 is 12.6. The summed E-state index contributed by atoms with van der Waals surface area (Å²) < 4.78 is 1.49. The van der Waals surface area contributed by atoms with Gasteiger partial charge in [-0.2, -0.15) is 0 Å². The Morgan fingerprint density at radius 2 is 1.62 bits per heavy atom. The van der Waals surface area contributed by atoms with E-state index in [1.807, 2.05) is 0 Å². The molecular weight excluding hydrogens is 425 g/mol. The number of benzene rings is 2. The van der Waals surface area contributed by atoms with Gasteiger partial charge in [0.05, 0.1) is 16.3 Å². The number of carbonyl (C=O) groups excluding carboxylic acids is 1. The molecule has 108 valence electrons. The number of carbonyl (C=O) groups is 2. The van der Waals surface area contributed by atoms with E-state index < -0.39 is 5.97 Å². The summed E-state index contributed by atoms with van der Waals surface area (Å²) in [7, 11) is 0. The van der Waals surface area contributed by atoms with E-state index in [0.717, 1.165) is 8.95 Å². The normalized spacial score (nSPS) is 10.2. The van der Waals surface area contributed by atoms with E-state index in [4.69, 9.17) is 16.7 Å². The first kappa shape index (κ1) is 16.0. The van der Waals surface area contributed by atoms with Crippen LogP contribution >= 0.6 is 43.5 Å². The molecule has 0 fully saturated rings. The maximum Gasteiger partial charge on any atom is 0.335 e. The van der Waals surface area contributed by atoms with Crippen molar-refractivity contribution >= 4 is 61.0 Å². The highest BCUT2D eigenvalue weighted by molar-refractivity contribution is 9.11. The Hall–Kier alpha value is -1.37. The predicted molar refractivity (Wildman–Crippen MR) is 88.2 cm³/mol. The third kappa shape index (κ3) is 4.06. The second-order valence-corrected chi connectivity index (χ2v) is 6.35. The van der Waals surface area contributed by atoms with Crippen molar-refractivity contribution in [2.75, 3.05) is 5.32 Å². The predicted octanol–water partition coefficient (Wildman–Crippen LogP) is 4.82. The molecular formula is C14H8Br2ClNO3. The number of hydrogen-bond donors (Lipinski definition) is 2. The van der Waals surface area contributed by atoms with Crippen LogP contribution in [0.1, 0.15) is 20.7 Å². The van der Waals surface area contributed by atoms with Crippen LogP contribution in [0, 0.1) is 0 Å². The Morgan fingerprint density at radius 3 is 2.19 bits per heavy atom. The number of aromatic carboxylic acids is 1. The Bertz CT molecular complexity index is 714. The van der Waals surface area contributed by atoms with Crippen molar-refractivity contribution in [3.05, 3.63) is 61.5 Å². The van der Waals surface area contributed by atoms with Gasteiger partial charge >= 0.3 is 5.97 Å². The van der Waals surface area contributed by atoms with E-state index in [2.05, 4.69) is 37.2 Å². The molecule has 0 atom stereocenters. The van der Waals surface area contributed by atoms with Crippen LogP contribution in [0.3, 0.4) is 0 Å². The SMILES string of the molecule is O=C(O)c1ccc(Cl)c(NC(=O)c2cc(Br)cc(Br)c2)c1. The highest BCUT2D eigenvalue weighted by atomic mass is 79.9. The van der Waals surface area contributed by atoms with Gasteiger partial charge in [-0.05, 0) is 36.4 Å². The molecule has 0 unspecified atom stereocenters. The van der Waals surface area contributed by atoms with Gasteiger partial charge in [-0.1, -0.05) is 43.5 Å². The molecule has 0 spiro atoms. The average molecular weight is 433 g/mol. The lowest BCUT2D eigenvalue weighted by atomic mass is 10.1. The smallest absolute Gasteiger partial charge is 0.335 e. The van der Waals surface area contributed by atoms with Crippen molar-refractivity contribution < 1.29 is 14.7 Å². The van der Waals surface area contributed by atoms with E-state index in [1.54, 1.807) is 18.2 Å². The van der Waals surface area contributed by atoms with Gasteiger partial charge in [0.1, 0.15) is 0 Å². The molecule has 0 bridgehead atoms. The fourth-order valence-electron chi connectivity index (χ4n) is 1.63. The summed E-state index contributed by atoms with van der Waals surface area (Å²) in [6.07, 6.45) is 0. The fraction of sp³-hybridized carbons (Fsp3) is 0. The van der Waals surface area contributed by atoms with E-state index in [1.165, 1.54) is 18.2 Å². The van der Waals surface area contributed by atoms with E-state index in [9.17, 15) is 9.59 Å². The van der Waals surface area contributed by atoms with Gasteiger partial charge < -0.3 is 10.4 Å². The minimum Gasteiger partial charge on any atom is -0.478 e. The molecule has 2 aromatic rings. The highest BCUT2D eigenvalue weighted by Crippen LogP contribution is 2.25. The maximum absolute atomic E-state index is 12.2. The lowest BCUT2D eigenvalue weighted by Crippen LogP contribution is -2.13. The topological polar surface area (TPSA) is 66.4 Å². The molecule has 4 nitrogen and oxygen atoms in total. The Labute approximate surface area is 142 Å². The van der Waals surface area contributed by atoms with Crippen LogP contribution < -0.4 is 5.32 Å². The molecule has 0 saturated heterocycles. The molecule has 7 heteroatoms. The van der Waals surface area contributed by atoms with Crippen LogP contribution in [0.25, 0.3) is 0 Å². The highest BCUT2D eigenvalue weighted by Gasteiger charge is 2.12. The van der Waals surface area contributed by atoms with Crippen LogP contribution in [0.4, 0.5) is 5.69 Å². The molecule has 0 heterocycles. The van der Waals surface area contributed by atoms with Crippen molar-refractivity contribution in [2.24, 2.45) is 0 Å². The number of halogens is 3. The van der Waals surface area contributed by atoms with Gasteiger partial charge in [-0.25, -0.2) is 4.79 Å². The second-order valence-electron chi connectivity index (χ2n) is 4.11. The zero-order valence-electron chi connectivity index (χ0n) is 10.4. The van der Waals surface area contributed by atoms with Crippen LogP contribution in [0.15, 0.2) is 45.3 Å². The van der Waals surface area contributed by atoms with Gasteiger partial charge in [0, 0.05) is 14.5 Å². The third-order valence-electron chi connectivity index (χ3n) is 2.59. The van der Waals surface area contributed by atoms with E-state index in [-0.39, 0.29) is 22.2 Å². The lowest BCUT2D eigenvalue weighted by Gasteiger charge is -2.09. The lowest BCUT2D eigenvalue weighted by molar-refractivity contribution is 0.0696. The molecule has 2 rings (SSSR count). The van der Waals surface area contributed by atoms with Crippen molar-refractivity contribution in [3.63, 3.8) is 0 Å². The summed E-state index contributed by atoms with van der Waals surface area (Å²) in [5, 5.41) is 11.8. The first-order valence-electron chi connectivity index (χ1n) is 5.67. The van der Waals surface area contributed by atoms with E-state index in [0.29, 0.717) is 5.56 Å². The minimum atomic E-state index is -1.09. The largest absolute Gasteiger partial charge is 0.478 e. The van der Waals surface area contributed by atoms with E-state index >= 15 is 0 Å². The summed E-state index contributed by atoms with van der Waals surface area (Å²) in [4.78, 5) is 23.1. The monoisotopic (exact) mass is 431 g/mol. The molecule has 21 heavy (non-hydrogen) atoms. The van der Waals surface area contributed by atoms with Crippen LogP contribution in [-0.4, -0.2) is 17.0 Å². The standard InChI is InChI=1S/C14H8Br2ClNO3/c15-9-3-8(4-10(16)6-9)13(19)18-12-5-7(14(20)21)1-2-11(12)17/h1-6H,(H,18,19)(H,20,21). The number of carboxylic acid groups (broad SMARTS) is 1. The number of anilines is 1. The second kappa shape index (κ2) is 6.60. The zero-order chi connectivity index (χ0) is 15.6. The fourth-order valence-corrected chi connectivity index (χ4v) is 3.09. The quantitative estimate of drug-likeness (QED) is 0.730. The molecule has 0 aromatic heterocycles. The number of rotatable bonds is 3. The Kier molecular flexibility index (Phi) is 5.03. The summed E-state index contributed by atoms with van der Waals surface area (Å²) in [5.41, 5.74) is 0.704. The number of amides is 1. The first-order chi connectivity index (χ1) is 9.86. The average Bonchev–Trinajstić information content (AvgIpc) is 2.39. The number of carboxylic acids is 1. The molecule has 0 aliphatic heterocycles. The molecule has 0 saturated carbocycles. The third-order valence-corrected chi connectivity index (χ3v) is 3.83. The summed E-state index contributed by atoms with van der Waals surface area (Å²) in [5.74, 6) is -1.48. The molecule has 1 amide bonds. The molecule has 0 aliphatic rings. The van der Waals surface area contributed by atoms with Gasteiger partial charge in [-0.3, -0.25) is 4.79 Å². The van der Waals surface area contributed by atoms with Gasteiger partial charge in [-0.15, -0.1) is 0 Å². The van der Waals surface area contributed by atoms with Crippen LogP contribution in [-0.2, 0) is 0 Å². The first-order valence-corrected chi connectivity index (χ1v) is 7.63. The number of hydrogen-bond acceptors (Lipinski definition) is 2. The number of nitrogens with one attached hydrogen (secondary N) is 1. The summed E-state index contributed by atoms with van der Waals surface area (Å²) in [6.45, 7) is 0. The van der Waals surface area contributed by atoms with Gasteiger partial charge in [0.2, 0.25) is 0 Å². The maximum atomic E-state index is 12.2. The minimum absolute atomic E-state index is 0.0464. The van der Waals surface area contributed by atoms with Crippen molar-refractivity contribution in [1.29, 1.82) is 0 Å². The van der Waals surface area contributed by atoms with Crippen molar-refractivity contribution in [2.45, 2.75) is 0 Å². The Balaban J connectivity index is 2.31. The summed E-state index contributed by atoms with van der Waals surface area (Å²) in [6, 6.07) is 9.21. The molecule has 0 radical (unpaired) electrons. The molecule has 0 aliphatic carbocycles. The van der Waals surface area contributed by atoms with Crippen LogP contribution in [0.5, 0.6) is 0 Å². The van der Waals surface area contributed by atoms with Gasteiger partial charge in [0.15, 0.2) is 0 Å². The zero-order valence-corrected chi connectivity index (χ0v) is 14.3. The molecule has 2 aromatic carbocycles. The van der Waals surface area contributed by atoms with Gasteiger partial charge in [0.25, 0.3) is 5.91 Å². The van der Waals surface area contributed by atoms with Crippen molar-refractivity contribution in [3.8, 4) is 0 Å². The Morgan fingerprint density at radius 1 is 1.00 bits per heavy atom. The van der Waals surface area contributed by atoms with Crippen LogP contribution in [0.2, 0.25) is 5.02 Å². The molecule has 2 N–H and O–H groups in total. The van der Waals surface area contributed by atoms with Crippen molar-refractivity contribution in [1.82, 2.24) is 0 Å².